The van der Waals surface area contributed by atoms with Crippen LogP contribution < -0.4 is 5.32 Å². The molecule has 0 aliphatic carbocycles. The van der Waals surface area contributed by atoms with E-state index in [9.17, 15) is 20.0 Å². The minimum Gasteiger partial charge on any atom is -0.502 e. The van der Waals surface area contributed by atoms with Crippen LogP contribution in [-0.2, 0) is 4.74 Å². The fourth-order valence-corrected chi connectivity index (χ4v) is 2.76. The molecule has 1 aliphatic rings. The van der Waals surface area contributed by atoms with Gasteiger partial charge in [-0.3, -0.25) is 14.9 Å². The van der Waals surface area contributed by atoms with E-state index in [1.165, 1.54) is 6.07 Å². The van der Waals surface area contributed by atoms with E-state index >= 15 is 0 Å². The summed E-state index contributed by atoms with van der Waals surface area (Å²) in [4.78, 5) is 22.0. The van der Waals surface area contributed by atoms with Crippen LogP contribution >= 0.6 is 0 Å². The number of nitrogens with zero attached hydrogens (tertiary/aromatic N) is 1. The highest BCUT2D eigenvalue weighted by Gasteiger charge is 2.30. The maximum absolute atomic E-state index is 12.1. The molecule has 1 heterocycles. The Bertz CT molecular complexity index is 573. The number of nitro groups is 1. The molecule has 1 fully saturated rings. The molecule has 120 valence electrons. The molecule has 1 aromatic carbocycles. The lowest BCUT2D eigenvalue weighted by Gasteiger charge is -2.22. The van der Waals surface area contributed by atoms with E-state index in [1.807, 2.05) is 0 Å². The molecule has 1 aliphatic heterocycles. The van der Waals surface area contributed by atoms with E-state index in [1.54, 1.807) is 0 Å². The quantitative estimate of drug-likeness (QED) is 0.640. The van der Waals surface area contributed by atoms with E-state index in [0.29, 0.717) is 19.1 Å². The maximum Gasteiger partial charge on any atom is 0.310 e. The largest absolute Gasteiger partial charge is 0.502 e. The van der Waals surface area contributed by atoms with Gasteiger partial charge in [0.05, 0.1) is 11.0 Å². The van der Waals surface area contributed by atoms with Crippen LogP contribution in [0.5, 0.6) is 5.75 Å². The number of benzene rings is 1. The molecule has 0 bridgehead atoms. The first kappa shape index (κ1) is 16.2. The smallest absolute Gasteiger partial charge is 0.310 e. The molecule has 0 saturated carbocycles. The number of phenols is 1. The lowest BCUT2D eigenvalue weighted by Crippen LogP contribution is -2.34. The van der Waals surface area contributed by atoms with Gasteiger partial charge in [-0.2, -0.15) is 0 Å². The van der Waals surface area contributed by atoms with Crippen LogP contribution in [0.4, 0.5) is 5.69 Å². The zero-order valence-corrected chi connectivity index (χ0v) is 12.6. The number of phenolic OH excluding ortho intramolecular Hbond substituents is 1. The minimum absolute atomic E-state index is 0.130. The molecule has 7 nitrogen and oxygen atoms in total. The molecule has 0 aromatic heterocycles. The Morgan fingerprint density at radius 1 is 1.55 bits per heavy atom. The van der Waals surface area contributed by atoms with Crippen molar-refractivity contribution in [3.63, 3.8) is 0 Å². The van der Waals surface area contributed by atoms with Gasteiger partial charge < -0.3 is 15.2 Å². The second-order valence-corrected chi connectivity index (χ2v) is 5.80. The molecule has 0 unspecified atom stereocenters. The number of nitro benzene ring substituents is 1. The van der Waals surface area contributed by atoms with E-state index in [2.05, 4.69) is 19.2 Å². The summed E-state index contributed by atoms with van der Waals surface area (Å²) in [5.41, 5.74) is -0.219. The Morgan fingerprint density at radius 2 is 2.27 bits per heavy atom. The molecule has 7 heteroatoms. The monoisotopic (exact) mass is 308 g/mol. The Hall–Kier alpha value is -2.15. The topological polar surface area (TPSA) is 102 Å². The van der Waals surface area contributed by atoms with Gasteiger partial charge in [-0.25, -0.2) is 0 Å². The van der Waals surface area contributed by atoms with Gasteiger partial charge in [-0.15, -0.1) is 0 Å². The number of hydrogen-bond donors (Lipinski definition) is 2. The summed E-state index contributed by atoms with van der Waals surface area (Å²) in [6, 6.07) is 3.57. The fourth-order valence-electron chi connectivity index (χ4n) is 2.76. The van der Waals surface area contributed by atoms with E-state index in [-0.39, 0.29) is 23.5 Å². The number of hydrogen-bond acceptors (Lipinski definition) is 5. The van der Waals surface area contributed by atoms with Gasteiger partial charge in [0, 0.05) is 30.7 Å². The fraction of sp³-hybridized carbons (Fsp3) is 0.533. The van der Waals surface area contributed by atoms with Crippen molar-refractivity contribution in [2.24, 2.45) is 11.8 Å². The summed E-state index contributed by atoms with van der Waals surface area (Å²) < 4.78 is 5.66. The van der Waals surface area contributed by atoms with Gasteiger partial charge >= 0.3 is 5.69 Å². The zero-order chi connectivity index (χ0) is 16.3. The third kappa shape index (κ3) is 3.54. The first-order valence-corrected chi connectivity index (χ1v) is 7.27. The van der Waals surface area contributed by atoms with Crippen LogP contribution in [-0.4, -0.2) is 35.2 Å². The Morgan fingerprint density at radius 3 is 2.86 bits per heavy atom. The molecule has 2 atom stereocenters. The van der Waals surface area contributed by atoms with Gasteiger partial charge in [0.25, 0.3) is 5.91 Å². The molecule has 22 heavy (non-hydrogen) atoms. The maximum atomic E-state index is 12.1. The molecule has 1 amide bonds. The number of aromatic hydroxyl groups is 1. The lowest BCUT2D eigenvalue weighted by molar-refractivity contribution is -0.385. The number of carbonyl (C=O) groups excluding carboxylic acids is 1. The molecule has 0 radical (unpaired) electrons. The van der Waals surface area contributed by atoms with E-state index < -0.39 is 16.4 Å². The molecule has 1 saturated heterocycles. The van der Waals surface area contributed by atoms with Crippen molar-refractivity contribution in [2.75, 3.05) is 13.2 Å². The number of ether oxygens (including phenoxy) is 1. The van der Waals surface area contributed by atoms with Crippen molar-refractivity contribution in [1.82, 2.24) is 5.32 Å². The Labute approximate surface area is 128 Å². The summed E-state index contributed by atoms with van der Waals surface area (Å²) in [5, 5.41) is 23.0. The highest BCUT2D eigenvalue weighted by Crippen LogP contribution is 2.27. The number of amides is 1. The van der Waals surface area contributed by atoms with Crippen molar-refractivity contribution in [1.29, 1.82) is 0 Å². The molecular weight excluding hydrogens is 288 g/mol. The average molecular weight is 308 g/mol. The highest BCUT2D eigenvalue weighted by atomic mass is 16.6. The van der Waals surface area contributed by atoms with Crippen molar-refractivity contribution in [3.8, 4) is 5.75 Å². The van der Waals surface area contributed by atoms with Gasteiger partial charge in [0.15, 0.2) is 5.75 Å². The summed E-state index contributed by atoms with van der Waals surface area (Å²) in [7, 11) is 0. The van der Waals surface area contributed by atoms with Crippen LogP contribution in [0, 0.1) is 22.0 Å². The summed E-state index contributed by atoms with van der Waals surface area (Å²) in [6.45, 7) is 5.35. The minimum atomic E-state index is -0.694. The van der Waals surface area contributed by atoms with E-state index in [0.717, 1.165) is 18.6 Å². The third-order valence-corrected chi connectivity index (χ3v) is 3.88. The average Bonchev–Trinajstić information content (AvgIpc) is 2.92. The van der Waals surface area contributed by atoms with Crippen LogP contribution in [0.15, 0.2) is 18.2 Å². The summed E-state index contributed by atoms with van der Waals surface area (Å²) >= 11 is 0. The summed E-state index contributed by atoms with van der Waals surface area (Å²) in [5.74, 6) is -0.232. The number of rotatable bonds is 5. The normalized spacial score (nSPS) is 21.0. The van der Waals surface area contributed by atoms with Crippen LogP contribution in [0.25, 0.3) is 0 Å². The number of carbonyl (C=O) groups is 1. The van der Waals surface area contributed by atoms with Crippen molar-refractivity contribution in [2.45, 2.75) is 26.4 Å². The number of nitrogens with one attached hydrogen (secondary N) is 1. The summed E-state index contributed by atoms with van der Waals surface area (Å²) in [6.07, 6.45) is 1.03. The predicted octanol–water partition coefficient (Wildman–Crippen LogP) is 2.09. The van der Waals surface area contributed by atoms with Crippen molar-refractivity contribution < 1.29 is 19.6 Å². The molecule has 1 aromatic rings. The Balaban J connectivity index is 1.98. The van der Waals surface area contributed by atoms with Crippen LogP contribution in [0.1, 0.15) is 30.6 Å². The van der Waals surface area contributed by atoms with Crippen molar-refractivity contribution in [3.05, 3.63) is 33.9 Å². The van der Waals surface area contributed by atoms with Gasteiger partial charge in [-0.05, 0) is 24.5 Å². The van der Waals surface area contributed by atoms with Gasteiger partial charge in [0.1, 0.15) is 0 Å². The van der Waals surface area contributed by atoms with E-state index in [4.69, 9.17) is 4.74 Å². The lowest BCUT2D eigenvalue weighted by atomic mass is 9.93. The van der Waals surface area contributed by atoms with Gasteiger partial charge in [-0.1, -0.05) is 13.8 Å². The van der Waals surface area contributed by atoms with Crippen LogP contribution in [0.2, 0.25) is 0 Å². The third-order valence-electron chi connectivity index (χ3n) is 3.88. The SMILES string of the molecule is CC(C)[C@H]1OCC[C@H]1CNC(=O)c1ccc([N+](=O)[O-])c(O)c1. The first-order valence-electron chi connectivity index (χ1n) is 7.27. The second-order valence-electron chi connectivity index (χ2n) is 5.80. The molecular formula is C15H20N2O5. The molecule has 0 spiro atoms. The van der Waals surface area contributed by atoms with Gasteiger partial charge in [0.2, 0.25) is 0 Å². The molecule has 2 N–H and O–H groups in total. The zero-order valence-electron chi connectivity index (χ0n) is 12.6. The predicted molar refractivity (Wildman–Crippen MR) is 79.8 cm³/mol. The first-order chi connectivity index (χ1) is 10.4. The highest BCUT2D eigenvalue weighted by molar-refractivity contribution is 5.95. The second kappa shape index (κ2) is 6.74. The Kier molecular flexibility index (Phi) is 4.97. The van der Waals surface area contributed by atoms with Crippen molar-refractivity contribution >= 4 is 11.6 Å². The standard InChI is InChI=1S/C15H20N2O5/c1-9(2)14-11(5-6-22-14)8-16-15(19)10-3-4-12(17(20)21)13(18)7-10/h3-4,7,9,11,14,18H,5-6,8H2,1-2H3,(H,16,19)/t11-,14+/m0/s1. The van der Waals surface area contributed by atoms with Crippen LogP contribution in [0.3, 0.4) is 0 Å². The molecule has 2 rings (SSSR count).